The van der Waals surface area contributed by atoms with E-state index in [9.17, 15) is 19.5 Å². The third-order valence-electron chi connectivity index (χ3n) is 2.56. The van der Waals surface area contributed by atoms with Crippen LogP contribution >= 0.6 is 0 Å². The first-order chi connectivity index (χ1) is 10.1. The molecule has 0 saturated heterocycles. The van der Waals surface area contributed by atoms with E-state index in [1.807, 2.05) is 0 Å². The van der Waals surface area contributed by atoms with E-state index in [1.54, 1.807) is 20.8 Å². The number of hydrogen-bond acceptors (Lipinski definition) is 5. The van der Waals surface area contributed by atoms with Crippen LogP contribution in [0.3, 0.4) is 0 Å². The number of carboxylic acid groups (broad SMARTS) is 1. The zero-order chi connectivity index (χ0) is 16.9. The molecule has 1 aromatic rings. The number of carbonyl (C=O) groups is 3. The van der Waals surface area contributed by atoms with Gasteiger partial charge in [0.15, 0.2) is 0 Å². The number of esters is 1. The summed E-state index contributed by atoms with van der Waals surface area (Å²) in [6.07, 6.45) is -0.0237. The molecule has 0 saturated carbocycles. The molecule has 0 unspecified atom stereocenters. The maximum absolute atomic E-state index is 11.7. The smallest absolute Gasteiger partial charge is 0.397 e. The zero-order valence-corrected chi connectivity index (χ0v) is 12.6. The summed E-state index contributed by atoms with van der Waals surface area (Å²) in [5, 5.41) is 20.4. The Morgan fingerprint density at radius 3 is 2.18 bits per heavy atom. The van der Waals surface area contributed by atoms with Crippen LogP contribution in [-0.4, -0.2) is 39.7 Å². The maximum Gasteiger partial charge on any atom is 0.397 e. The van der Waals surface area contributed by atoms with Gasteiger partial charge in [0.2, 0.25) is 0 Å². The van der Waals surface area contributed by atoms with Crippen molar-refractivity contribution < 1.29 is 29.3 Å². The summed E-state index contributed by atoms with van der Waals surface area (Å²) in [5.41, 5.74) is -0.251. The Labute approximate surface area is 127 Å². The molecule has 1 atom stereocenters. The standard InChI is InChI=1S/C15H19NO6/c1-15(2,3)22-14(21)12(18)16-11(13(19)20)8-9-4-6-10(17)7-5-9/h4-7,11,17H,8H2,1-3H3,(H,16,18)(H,19,20)/t11-/m0/s1. The molecule has 120 valence electrons. The normalized spacial score (nSPS) is 12.3. The molecule has 0 fully saturated rings. The van der Waals surface area contributed by atoms with Crippen molar-refractivity contribution in [2.24, 2.45) is 0 Å². The number of rotatable bonds is 4. The number of carboxylic acids is 1. The van der Waals surface area contributed by atoms with Gasteiger partial charge in [-0.2, -0.15) is 0 Å². The fraction of sp³-hybridized carbons (Fsp3) is 0.400. The quantitative estimate of drug-likeness (QED) is 0.561. The van der Waals surface area contributed by atoms with Crippen molar-refractivity contribution in [1.82, 2.24) is 5.32 Å². The average molecular weight is 309 g/mol. The molecule has 7 nitrogen and oxygen atoms in total. The zero-order valence-electron chi connectivity index (χ0n) is 12.6. The molecule has 0 radical (unpaired) electrons. The fourth-order valence-electron chi connectivity index (χ4n) is 1.61. The average Bonchev–Trinajstić information content (AvgIpc) is 2.38. The van der Waals surface area contributed by atoms with E-state index >= 15 is 0 Å². The van der Waals surface area contributed by atoms with Crippen molar-refractivity contribution in [3.8, 4) is 5.75 Å². The molecule has 7 heteroatoms. The Balaban J connectivity index is 2.72. The maximum atomic E-state index is 11.7. The van der Waals surface area contributed by atoms with Gasteiger partial charge in [-0.3, -0.25) is 4.79 Å². The predicted molar refractivity (Wildman–Crippen MR) is 77.2 cm³/mol. The number of benzene rings is 1. The first-order valence-electron chi connectivity index (χ1n) is 6.63. The Morgan fingerprint density at radius 1 is 1.18 bits per heavy atom. The molecule has 0 heterocycles. The number of amides is 1. The van der Waals surface area contributed by atoms with Crippen LogP contribution in [0.15, 0.2) is 24.3 Å². The third kappa shape index (κ3) is 5.82. The predicted octanol–water partition coefficient (Wildman–Crippen LogP) is 0.846. The highest BCUT2D eigenvalue weighted by molar-refractivity contribution is 6.33. The minimum atomic E-state index is -1.27. The summed E-state index contributed by atoms with van der Waals surface area (Å²) < 4.78 is 4.87. The van der Waals surface area contributed by atoms with Crippen LogP contribution in [0, 0.1) is 0 Å². The first kappa shape index (κ1) is 17.5. The van der Waals surface area contributed by atoms with Crippen LogP contribution in [0.25, 0.3) is 0 Å². The van der Waals surface area contributed by atoms with E-state index in [0.29, 0.717) is 5.56 Å². The van der Waals surface area contributed by atoms with Gasteiger partial charge < -0.3 is 20.3 Å². The van der Waals surface area contributed by atoms with Crippen molar-refractivity contribution in [3.05, 3.63) is 29.8 Å². The van der Waals surface area contributed by atoms with Gasteiger partial charge in [0, 0.05) is 6.42 Å². The van der Waals surface area contributed by atoms with Crippen LogP contribution in [-0.2, 0) is 25.5 Å². The van der Waals surface area contributed by atoms with Crippen LogP contribution in [0.2, 0.25) is 0 Å². The number of phenolic OH excluding ortho intramolecular Hbond substituents is 1. The van der Waals surface area contributed by atoms with Gasteiger partial charge in [-0.25, -0.2) is 9.59 Å². The van der Waals surface area contributed by atoms with Crippen molar-refractivity contribution in [1.29, 1.82) is 0 Å². The molecule has 0 bridgehead atoms. The molecule has 22 heavy (non-hydrogen) atoms. The lowest BCUT2D eigenvalue weighted by molar-refractivity contribution is -0.164. The highest BCUT2D eigenvalue weighted by atomic mass is 16.6. The van der Waals surface area contributed by atoms with Crippen molar-refractivity contribution >= 4 is 17.8 Å². The number of aliphatic carboxylic acids is 1. The van der Waals surface area contributed by atoms with Crippen LogP contribution in [0.4, 0.5) is 0 Å². The second-order valence-electron chi connectivity index (χ2n) is 5.74. The van der Waals surface area contributed by atoms with Crippen LogP contribution in [0.5, 0.6) is 5.75 Å². The number of aromatic hydroxyl groups is 1. The van der Waals surface area contributed by atoms with Crippen molar-refractivity contribution in [2.45, 2.75) is 38.8 Å². The highest BCUT2D eigenvalue weighted by Gasteiger charge is 2.27. The summed E-state index contributed by atoms with van der Waals surface area (Å²) in [4.78, 5) is 34.4. The summed E-state index contributed by atoms with van der Waals surface area (Å²) in [5.74, 6) is -3.47. The molecule has 1 aromatic carbocycles. The number of nitrogens with one attached hydrogen (secondary N) is 1. The lowest BCUT2D eigenvalue weighted by atomic mass is 10.1. The summed E-state index contributed by atoms with van der Waals surface area (Å²) in [6, 6.07) is 4.61. The molecule has 3 N–H and O–H groups in total. The molecule has 0 spiro atoms. The molecular formula is C15H19NO6. The molecule has 0 aliphatic rings. The van der Waals surface area contributed by atoms with E-state index in [1.165, 1.54) is 24.3 Å². The molecule has 0 aliphatic heterocycles. The van der Waals surface area contributed by atoms with E-state index in [0.717, 1.165) is 0 Å². The van der Waals surface area contributed by atoms with Gasteiger partial charge in [0.05, 0.1) is 0 Å². The Morgan fingerprint density at radius 2 is 1.73 bits per heavy atom. The highest BCUT2D eigenvalue weighted by Crippen LogP contribution is 2.12. The second kappa shape index (κ2) is 6.93. The molecular weight excluding hydrogens is 290 g/mol. The van der Waals surface area contributed by atoms with Crippen molar-refractivity contribution in [2.75, 3.05) is 0 Å². The van der Waals surface area contributed by atoms with Gasteiger partial charge >= 0.3 is 17.8 Å². The molecule has 0 aliphatic carbocycles. The summed E-state index contributed by atoms with van der Waals surface area (Å²) in [7, 11) is 0. The molecule has 1 rings (SSSR count). The number of hydrogen-bond donors (Lipinski definition) is 3. The van der Waals surface area contributed by atoms with E-state index in [-0.39, 0.29) is 12.2 Å². The minimum absolute atomic E-state index is 0.0237. The van der Waals surface area contributed by atoms with Gasteiger partial charge in [-0.15, -0.1) is 0 Å². The SMILES string of the molecule is CC(C)(C)OC(=O)C(=O)N[C@@H](Cc1ccc(O)cc1)C(=O)O. The van der Waals surface area contributed by atoms with E-state index in [2.05, 4.69) is 5.32 Å². The lowest BCUT2D eigenvalue weighted by Gasteiger charge is -2.20. The minimum Gasteiger partial charge on any atom is -0.508 e. The third-order valence-corrected chi connectivity index (χ3v) is 2.56. The number of phenols is 1. The number of carbonyl (C=O) groups excluding carboxylic acids is 2. The Bertz CT molecular complexity index is 558. The van der Waals surface area contributed by atoms with Crippen LogP contribution in [0.1, 0.15) is 26.3 Å². The molecule has 0 aromatic heterocycles. The monoisotopic (exact) mass is 309 g/mol. The first-order valence-corrected chi connectivity index (χ1v) is 6.63. The van der Waals surface area contributed by atoms with Gasteiger partial charge in [0.25, 0.3) is 0 Å². The van der Waals surface area contributed by atoms with Gasteiger partial charge in [-0.1, -0.05) is 12.1 Å². The Kier molecular flexibility index (Phi) is 5.50. The number of ether oxygens (including phenoxy) is 1. The van der Waals surface area contributed by atoms with E-state index < -0.39 is 29.5 Å². The Hall–Kier alpha value is -2.57. The summed E-state index contributed by atoms with van der Waals surface area (Å²) in [6.45, 7) is 4.80. The summed E-state index contributed by atoms with van der Waals surface area (Å²) >= 11 is 0. The van der Waals surface area contributed by atoms with Crippen LogP contribution < -0.4 is 5.32 Å². The fourth-order valence-corrected chi connectivity index (χ4v) is 1.61. The molecule has 1 amide bonds. The van der Waals surface area contributed by atoms with Gasteiger partial charge in [0.1, 0.15) is 17.4 Å². The van der Waals surface area contributed by atoms with Crippen molar-refractivity contribution in [3.63, 3.8) is 0 Å². The van der Waals surface area contributed by atoms with E-state index in [4.69, 9.17) is 9.84 Å². The largest absolute Gasteiger partial charge is 0.508 e. The van der Waals surface area contributed by atoms with Gasteiger partial charge in [-0.05, 0) is 38.5 Å². The lowest BCUT2D eigenvalue weighted by Crippen LogP contribution is -2.46. The topological polar surface area (TPSA) is 113 Å². The second-order valence-corrected chi connectivity index (χ2v) is 5.74.